The third-order valence-corrected chi connectivity index (χ3v) is 4.49. The molecule has 0 saturated carbocycles. The van der Waals surface area contributed by atoms with Gasteiger partial charge in [0.1, 0.15) is 12.4 Å². The Labute approximate surface area is 192 Å². The van der Waals surface area contributed by atoms with Gasteiger partial charge in [-0.15, -0.1) is 0 Å². The highest BCUT2D eigenvalue weighted by atomic mass is 16.5. The third-order valence-electron chi connectivity index (χ3n) is 4.49. The van der Waals surface area contributed by atoms with Crippen LogP contribution in [0.2, 0.25) is 0 Å². The number of aliphatic carboxylic acids is 2. The molecule has 0 radical (unpaired) electrons. The topological polar surface area (TPSA) is 114 Å². The number of carbonyl (C=O) groups is 2. The third kappa shape index (κ3) is 8.54. The van der Waals surface area contributed by atoms with Crippen molar-refractivity contribution in [1.82, 2.24) is 5.32 Å². The van der Waals surface area contributed by atoms with Gasteiger partial charge in [0.15, 0.2) is 11.5 Å². The zero-order valence-electron chi connectivity index (χ0n) is 18.5. The lowest BCUT2D eigenvalue weighted by molar-refractivity contribution is -0.159. The first-order chi connectivity index (χ1) is 15.9. The van der Waals surface area contributed by atoms with Gasteiger partial charge in [-0.05, 0) is 29.3 Å². The van der Waals surface area contributed by atoms with Gasteiger partial charge in [0.2, 0.25) is 0 Å². The maximum absolute atomic E-state index is 9.10. The molecule has 3 N–H and O–H groups in total. The van der Waals surface area contributed by atoms with Crippen molar-refractivity contribution < 1.29 is 34.0 Å². The highest BCUT2D eigenvalue weighted by Gasteiger charge is 2.07. The Morgan fingerprint density at radius 1 is 0.727 bits per heavy atom. The zero-order valence-corrected chi connectivity index (χ0v) is 18.5. The van der Waals surface area contributed by atoms with Crippen molar-refractivity contribution in [1.29, 1.82) is 0 Å². The Kier molecular flexibility index (Phi) is 10.2. The molecule has 3 aromatic rings. The van der Waals surface area contributed by atoms with E-state index in [0.29, 0.717) is 6.61 Å². The number of rotatable bonds is 9. The lowest BCUT2D eigenvalue weighted by Crippen LogP contribution is -2.13. The second-order valence-electron chi connectivity index (χ2n) is 6.79. The van der Waals surface area contributed by atoms with Crippen LogP contribution < -0.4 is 19.5 Å². The number of hydrogen-bond donors (Lipinski definition) is 3. The van der Waals surface area contributed by atoms with Crippen LogP contribution in [0.15, 0.2) is 72.8 Å². The lowest BCUT2D eigenvalue weighted by Gasteiger charge is -2.13. The standard InChI is InChI=1S/C23H25NO3.C2H2O4/c1-25-21-11-7-6-10-20(21)16-24-15-19-12-13-22(26-2)23(14-19)27-17-18-8-4-3-5-9-18;3-1(4)2(5)6/h3-14,24H,15-17H2,1-2H3;(H,3,4)(H,5,6). The maximum atomic E-state index is 9.10. The number of carboxylic acids is 2. The Morgan fingerprint density at radius 2 is 1.36 bits per heavy atom. The molecule has 0 atom stereocenters. The quantitative estimate of drug-likeness (QED) is 0.420. The summed E-state index contributed by atoms with van der Waals surface area (Å²) in [6, 6.07) is 24.1. The monoisotopic (exact) mass is 453 g/mol. The summed E-state index contributed by atoms with van der Waals surface area (Å²) < 4.78 is 16.8. The molecule has 3 aromatic carbocycles. The zero-order chi connectivity index (χ0) is 24.1. The number of hydrogen-bond acceptors (Lipinski definition) is 6. The molecule has 174 valence electrons. The van der Waals surface area contributed by atoms with Crippen molar-refractivity contribution in [2.75, 3.05) is 14.2 Å². The average molecular weight is 453 g/mol. The first-order valence-electron chi connectivity index (χ1n) is 10.1. The summed E-state index contributed by atoms with van der Waals surface area (Å²) in [6.45, 7) is 1.97. The minimum atomic E-state index is -1.82. The number of nitrogens with one attached hydrogen (secondary N) is 1. The van der Waals surface area contributed by atoms with Crippen LogP contribution in [0.3, 0.4) is 0 Å². The molecule has 0 unspecified atom stereocenters. The van der Waals surface area contributed by atoms with Gasteiger partial charge in [-0.1, -0.05) is 54.6 Å². The molecule has 0 heterocycles. The molecule has 0 saturated heterocycles. The Balaban J connectivity index is 0.000000569. The normalized spacial score (nSPS) is 9.88. The van der Waals surface area contributed by atoms with Crippen molar-refractivity contribution in [3.63, 3.8) is 0 Å². The Bertz CT molecular complexity index is 1030. The number of para-hydroxylation sites is 1. The van der Waals surface area contributed by atoms with Crippen LogP contribution in [0.25, 0.3) is 0 Å². The predicted octanol–water partition coefficient (Wildman–Crippen LogP) is 3.73. The summed E-state index contributed by atoms with van der Waals surface area (Å²) in [5.41, 5.74) is 3.39. The van der Waals surface area contributed by atoms with Crippen LogP contribution >= 0.6 is 0 Å². The van der Waals surface area contributed by atoms with Gasteiger partial charge < -0.3 is 29.7 Å². The summed E-state index contributed by atoms with van der Waals surface area (Å²) in [5, 5.41) is 18.2. The fraction of sp³-hybridized carbons (Fsp3) is 0.200. The van der Waals surface area contributed by atoms with E-state index in [1.807, 2.05) is 66.7 Å². The first kappa shape index (κ1) is 25.2. The van der Waals surface area contributed by atoms with E-state index >= 15 is 0 Å². The van der Waals surface area contributed by atoms with Crippen LogP contribution in [-0.2, 0) is 29.3 Å². The van der Waals surface area contributed by atoms with Crippen molar-refractivity contribution in [3.05, 3.63) is 89.5 Å². The van der Waals surface area contributed by atoms with Gasteiger partial charge >= 0.3 is 11.9 Å². The fourth-order valence-corrected chi connectivity index (χ4v) is 2.87. The number of methoxy groups -OCH3 is 2. The molecular formula is C25H27NO7. The molecule has 33 heavy (non-hydrogen) atoms. The minimum absolute atomic E-state index is 0.509. The van der Waals surface area contributed by atoms with Gasteiger partial charge in [0.05, 0.1) is 14.2 Å². The predicted molar refractivity (Wildman–Crippen MR) is 123 cm³/mol. The molecule has 8 nitrogen and oxygen atoms in total. The summed E-state index contributed by atoms with van der Waals surface area (Å²) in [5.74, 6) is -1.27. The van der Waals surface area contributed by atoms with Gasteiger partial charge in [-0.3, -0.25) is 0 Å². The molecule has 8 heteroatoms. The van der Waals surface area contributed by atoms with Crippen LogP contribution in [0.4, 0.5) is 0 Å². The van der Waals surface area contributed by atoms with Gasteiger partial charge in [-0.25, -0.2) is 9.59 Å². The van der Waals surface area contributed by atoms with Crippen LogP contribution in [0.1, 0.15) is 16.7 Å². The molecule has 0 aliphatic heterocycles. The van der Waals surface area contributed by atoms with Crippen LogP contribution in [-0.4, -0.2) is 36.4 Å². The summed E-state index contributed by atoms with van der Waals surface area (Å²) in [7, 11) is 3.35. The minimum Gasteiger partial charge on any atom is -0.496 e. The van der Waals surface area contributed by atoms with Crippen LogP contribution in [0.5, 0.6) is 17.2 Å². The molecule has 0 aliphatic carbocycles. The molecule has 0 fully saturated rings. The fourth-order valence-electron chi connectivity index (χ4n) is 2.87. The van der Waals surface area contributed by atoms with Gasteiger partial charge in [0.25, 0.3) is 0 Å². The van der Waals surface area contributed by atoms with E-state index in [0.717, 1.165) is 47.0 Å². The largest absolute Gasteiger partial charge is 0.496 e. The molecule has 0 amide bonds. The summed E-state index contributed by atoms with van der Waals surface area (Å²) in [4.78, 5) is 18.2. The molecule has 0 bridgehead atoms. The van der Waals surface area contributed by atoms with E-state index in [9.17, 15) is 0 Å². The summed E-state index contributed by atoms with van der Waals surface area (Å²) in [6.07, 6.45) is 0. The van der Waals surface area contributed by atoms with Gasteiger partial charge in [0, 0.05) is 18.7 Å². The molecule has 0 aliphatic rings. The van der Waals surface area contributed by atoms with E-state index in [-0.39, 0.29) is 0 Å². The second-order valence-corrected chi connectivity index (χ2v) is 6.79. The summed E-state index contributed by atoms with van der Waals surface area (Å²) >= 11 is 0. The average Bonchev–Trinajstić information content (AvgIpc) is 2.84. The maximum Gasteiger partial charge on any atom is 0.414 e. The van der Waals surface area contributed by atoms with E-state index in [2.05, 4.69) is 11.4 Å². The number of carboxylic acid groups (broad SMARTS) is 2. The highest BCUT2D eigenvalue weighted by molar-refractivity contribution is 6.27. The molecule has 3 rings (SSSR count). The Hall–Kier alpha value is -4.04. The van der Waals surface area contributed by atoms with Crippen LogP contribution in [0, 0.1) is 0 Å². The van der Waals surface area contributed by atoms with Gasteiger partial charge in [-0.2, -0.15) is 0 Å². The molecule has 0 aromatic heterocycles. The molecule has 0 spiro atoms. The van der Waals surface area contributed by atoms with E-state index in [1.165, 1.54) is 0 Å². The first-order valence-corrected chi connectivity index (χ1v) is 10.1. The van der Waals surface area contributed by atoms with Crippen molar-refractivity contribution in [3.8, 4) is 17.2 Å². The van der Waals surface area contributed by atoms with E-state index in [4.69, 9.17) is 34.0 Å². The Morgan fingerprint density at radius 3 is 2.00 bits per heavy atom. The molecular weight excluding hydrogens is 426 g/mol. The van der Waals surface area contributed by atoms with Crippen molar-refractivity contribution in [2.24, 2.45) is 0 Å². The lowest BCUT2D eigenvalue weighted by atomic mass is 10.1. The smallest absolute Gasteiger partial charge is 0.414 e. The number of ether oxygens (including phenoxy) is 3. The van der Waals surface area contributed by atoms with Crippen molar-refractivity contribution in [2.45, 2.75) is 19.7 Å². The SMILES string of the molecule is COc1ccccc1CNCc1ccc(OC)c(OCc2ccccc2)c1.O=C(O)C(=O)O. The van der Waals surface area contributed by atoms with Crippen molar-refractivity contribution >= 4 is 11.9 Å². The second kappa shape index (κ2) is 13.4. The number of benzene rings is 3. The van der Waals surface area contributed by atoms with E-state index in [1.54, 1.807) is 14.2 Å². The highest BCUT2D eigenvalue weighted by Crippen LogP contribution is 2.29. The van der Waals surface area contributed by atoms with E-state index < -0.39 is 11.9 Å².